The highest BCUT2D eigenvalue weighted by atomic mass is 32.1. The van der Waals surface area contributed by atoms with Crippen LogP contribution in [0.2, 0.25) is 0 Å². The van der Waals surface area contributed by atoms with E-state index in [-0.39, 0.29) is 18.9 Å². The molecule has 0 aliphatic heterocycles. The van der Waals surface area contributed by atoms with Crippen LogP contribution in [0.3, 0.4) is 0 Å². The van der Waals surface area contributed by atoms with Crippen molar-refractivity contribution in [3.63, 3.8) is 0 Å². The van der Waals surface area contributed by atoms with Crippen molar-refractivity contribution in [2.45, 2.75) is 19.4 Å². The lowest BCUT2D eigenvalue weighted by Gasteiger charge is -2.06. The zero-order valence-electron chi connectivity index (χ0n) is 11.9. The molecule has 0 spiro atoms. The van der Waals surface area contributed by atoms with Gasteiger partial charge in [-0.3, -0.25) is 9.59 Å². The van der Waals surface area contributed by atoms with Gasteiger partial charge in [0.15, 0.2) is 0 Å². The fourth-order valence-electron chi connectivity index (χ4n) is 1.78. The molecular weight excluding hydrogens is 305 g/mol. The van der Waals surface area contributed by atoms with Crippen molar-refractivity contribution in [3.8, 4) is 0 Å². The fraction of sp³-hybridized carbons (Fsp3) is 0.250. The van der Waals surface area contributed by atoms with Gasteiger partial charge < -0.3 is 10.1 Å². The maximum absolute atomic E-state index is 13.3. The Hall–Kier alpha value is -2.21. The first-order valence-corrected chi connectivity index (χ1v) is 7.80. The summed E-state index contributed by atoms with van der Waals surface area (Å²) in [5.74, 6) is -0.952. The Morgan fingerprint density at radius 2 is 2.05 bits per heavy atom. The molecule has 2 aromatic rings. The summed E-state index contributed by atoms with van der Waals surface area (Å²) in [6.45, 7) is 0.316. The van der Waals surface area contributed by atoms with Gasteiger partial charge in [0.1, 0.15) is 12.4 Å². The van der Waals surface area contributed by atoms with Crippen LogP contribution in [0.1, 0.15) is 28.8 Å². The molecule has 0 fully saturated rings. The largest absolute Gasteiger partial charge is 0.461 e. The highest BCUT2D eigenvalue weighted by molar-refractivity contribution is 7.08. The number of nitrogens with one attached hydrogen (secondary N) is 1. The normalized spacial score (nSPS) is 10.2. The van der Waals surface area contributed by atoms with Gasteiger partial charge in [-0.15, -0.1) is 0 Å². The molecule has 22 heavy (non-hydrogen) atoms. The monoisotopic (exact) mass is 321 g/mol. The first kappa shape index (κ1) is 16.2. The Kier molecular flexibility index (Phi) is 6.09. The number of thiophene rings is 1. The standard InChI is InChI=1S/C16H16FNO3S/c17-14-5-2-1-4-12(14)10-21-15(19)6-3-8-18-16(20)13-7-9-22-11-13/h1-2,4-5,7,9,11H,3,6,8,10H2,(H,18,20). The summed E-state index contributed by atoms with van der Waals surface area (Å²) in [6.07, 6.45) is 0.657. The van der Waals surface area contributed by atoms with Crippen molar-refractivity contribution in [2.75, 3.05) is 6.54 Å². The predicted octanol–water partition coefficient (Wildman–Crippen LogP) is 3.14. The molecule has 0 saturated heterocycles. The molecule has 6 heteroatoms. The number of hydrogen-bond donors (Lipinski definition) is 1. The number of halogens is 1. The molecular formula is C16H16FNO3S. The average Bonchev–Trinajstić information content (AvgIpc) is 3.05. The van der Waals surface area contributed by atoms with E-state index in [4.69, 9.17) is 4.74 Å². The number of carbonyl (C=O) groups is 2. The highest BCUT2D eigenvalue weighted by Crippen LogP contribution is 2.08. The van der Waals surface area contributed by atoms with Crippen molar-refractivity contribution in [2.24, 2.45) is 0 Å². The third-order valence-electron chi connectivity index (χ3n) is 2.97. The molecule has 0 saturated carbocycles. The smallest absolute Gasteiger partial charge is 0.306 e. The summed E-state index contributed by atoms with van der Waals surface area (Å²) in [5, 5.41) is 6.31. The minimum atomic E-state index is -0.409. The van der Waals surface area contributed by atoms with E-state index in [1.165, 1.54) is 17.4 Å². The molecule has 0 bridgehead atoms. The van der Waals surface area contributed by atoms with Gasteiger partial charge in [-0.25, -0.2) is 4.39 Å². The molecule has 4 nitrogen and oxygen atoms in total. The van der Waals surface area contributed by atoms with Crippen LogP contribution in [-0.4, -0.2) is 18.4 Å². The summed E-state index contributed by atoms with van der Waals surface area (Å²) < 4.78 is 18.3. The van der Waals surface area contributed by atoms with Crippen molar-refractivity contribution in [1.29, 1.82) is 0 Å². The summed E-state index contributed by atoms with van der Waals surface area (Å²) >= 11 is 1.45. The fourth-order valence-corrected chi connectivity index (χ4v) is 2.41. The van der Waals surface area contributed by atoms with Gasteiger partial charge in [-0.2, -0.15) is 11.3 Å². The highest BCUT2D eigenvalue weighted by Gasteiger charge is 2.08. The zero-order chi connectivity index (χ0) is 15.8. The molecule has 1 amide bonds. The number of amides is 1. The lowest BCUT2D eigenvalue weighted by Crippen LogP contribution is -2.24. The van der Waals surface area contributed by atoms with E-state index in [2.05, 4.69) is 5.32 Å². The van der Waals surface area contributed by atoms with Gasteiger partial charge in [0.05, 0.1) is 0 Å². The number of benzene rings is 1. The molecule has 0 radical (unpaired) electrons. The lowest BCUT2D eigenvalue weighted by molar-refractivity contribution is -0.145. The quantitative estimate of drug-likeness (QED) is 0.629. The Morgan fingerprint density at radius 3 is 2.77 bits per heavy atom. The molecule has 0 aliphatic rings. The number of carbonyl (C=O) groups excluding carboxylic acids is 2. The molecule has 2 rings (SSSR count). The summed E-state index contributed by atoms with van der Waals surface area (Å²) in [5.41, 5.74) is 0.966. The van der Waals surface area contributed by atoms with Crippen LogP contribution in [0.5, 0.6) is 0 Å². The second kappa shape index (κ2) is 8.29. The summed E-state index contributed by atoms with van der Waals surface area (Å²) in [4.78, 5) is 23.2. The number of esters is 1. The van der Waals surface area contributed by atoms with E-state index in [1.807, 2.05) is 5.38 Å². The van der Waals surface area contributed by atoms with Crippen molar-refractivity contribution >= 4 is 23.2 Å². The number of rotatable bonds is 7. The topological polar surface area (TPSA) is 55.4 Å². The first-order chi connectivity index (χ1) is 10.7. The van der Waals surface area contributed by atoms with Crippen LogP contribution >= 0.6 is 11.3 Å². The summed E-state index contributed by atoms with van der Waals surface area (Å²) in [6, 6.07) is 7.90. The van der Waals surface area contributed by atoms with Gasteiger partial charge in [0, 0.05) is 29.5 Å². The van der Waals surface area contributed by atoms with Gasteiger partial charge in [0.25, 0.3) is 5.91 Å². The predicted molar refractivity (Wildman–Crippen MR) is 82.1 cm³/mol. The molecule has 0 aliphatic carbocycles. The van der Waals surface area contributed by atoms with Gasteiger partial charge >= 0.3 is 5.97 Å². The van der Waals surface area contributed by atoms with E-state index in [1.54, 1.807) is 29.6 Å². The average molecular weight is 321 g/mol. The summed E-state index contributed by atoms with van der Waals surface area (Å²) in [7, 11) is 0. The minimum absolute atomic E-state index is 0.0766. The van der Waals surface area contributed by atoms with Gasteiger partial charge in [-0.1, -0.05) is 18.2 Å². The van der Waals surface area contributed by atoms with E-state index >= 15 is 0 Å². The molecule has 1 aromatic carbocycles. The molecule has 1 aromatic heterocycles. The molecule has 0 atom stereocenters. The second-order valence-electron chi connectivity index (χ2n) is 4.62. The Labute approximate surface area is 131 Å². The Morgan fingerprint density at radius 1 is 1.23 bits per heavy atom. The van der Waals surface area contributed by atoms with Crippen LogP contribution in [0.15, 0.2) is 41.1 Å². The van der Waals surface area contributed by atoms with Crippen LogP contribution in [0.25, 0.3) is 0 Å². The van der Waals surface area contributed by atoms with E-state index < -0.39 is 11.8 Å². The van der Waals surface area contributed by atoms with Gasteiger partial charge in [-0.05, 0) is 23.9 Å². The lowest BCUT2D eigenvalue weighted by atomic mass is 10.2. The molecule has 1 N–H and O–H groups in total. The third kappa shape index (κ3) is 4.96. The SMILES string of the molecule is O=C(CCCNC(=O)c1ccsc1)OCc1ccccc1F. The second-order valence-corrected chi connectivity index (χ2v) is 5.40. The number of ether oxygens (including phenoxy) is 1. The van der Waals surface area contributed by atoms with Crippen LogP contribution in [0.4, 0.5) is 4.39 Å². The zero-order valence-corrected chi connectivity index (χ0v) is 12.7. The Bertz CT molecular complexity index is 628. The van der Waals surface area contributed by atoms with E-state index in [9.17, 15) is 14.0 Å². The van der Waals surface area contributed by atoms with Crippen molar-refractivity contribution in [1.82, 2.24) is 5.32 Å². The maximum atomic E-state index is 13.3. The Balaban J connectivity index is 1.62. The van der Waals surface area contributed by atoms with Crippen LogP contribution in [-0.2, 0) is 16.1 Å². The van der Waals surface area contributed by atoms with Crippen LogP contribution < -0.4 is 5.32 Å². The van der Waals surface area contributed by atoms with Gasteiger partial charge in [0.2, 0.25) is 0 Å². The first-order valence-electron chi connectivity index (χ1n) is 6.86. The molecule has 116 valence electrons. The number of hydrogen-bond acceptors (Lipinski definition) is 4. The van der Waals surface area contributed by atoms with Crippen LogP contribution in [0, 0.1) is 5.82 Å². The maximum Gasteiger partial charge on any atom is 0.306 e. The van der Waals surface area contributed by atoms with E-state index in [0.717, 1.165) is 0 Å². The van der Waals surface area contributed by atoms with E-state index in [0.29, 0.717) is 24.1 Å². The third-order valence-corrected chi connectivity index (χ3v) is 3.66. The minimum Gasteiger partial charge on any atom is -0.461 e. The van der Waals surface area contributed by atoms with Crippen molar-refractivity contribution in [3.05, 3.63) is 58.0 Å². The van der Waals surface area contributed by atoms with Crippen molar-refractivity contribution < 1.29 is 18.7 Å². The molecule has 0 unspecified atom stereocenters. The molecule has 1 heterocycles.